The Morgan fingerprint density at radius 3 is 2.24 bits per heavy atom. The first-order valence-corrected chi connectivity index (χ1v) is 17.1. The summed E-state index contributed by atoms with van der Waals surface area (Å²) in [5.74, 6) is 3.43. The van der Waals surface area contributed by atoms with Crippen LogP contribution >= 0.6 is 0 Å². The molecule has 5 heteroatoms. The van der Waals surface area contributed by atoms with Gasteiger partial charge < -0.3 is 9.15 Å². The normalized spacial score (nSPS) is 19.0. The van der Waals surface area contributed by atoms with Gasteiger partial charge in [0.2, 0.25) is 0 Å². The van der Waals surface area contributed by atoms with E-state index in [0.29, 0.717) is 23.4 Å². The highest BCUT2D eigenvalue weighted by Crippen LogP contribution is 2.44. The van der Waals surface area contributed by atoms with Crippen LogP contribution in [0.2, 0.25) is 0 Å². The van der Waals surface area contributed by atoms with E-state index in [1.807, 2.05) is 42.5 Å². The van der Waals surface area contributed by atoms with Crippen molar-refractivity contribution < 1.29 is 9.15 Å². The van der Waals surface area contributed by atoms with Crippen molar-refractivity contribution in [2.75, 3.05) is 0 Å². The molecule has 2 aliphatic carbocycles. The Hall–Kier alpha value is -6.33. The first-order chi connectivity index (χ1) is 24.7. The molecule has 0 saturated heterocycles. The van der Waals surface area contributed by atoms with Crippen LogP contribution in [0.3, 0.4) is 0 Å². The van der Waals surface area contributed by atoms with Gasteiger partial charge in [-0.05, 0) is 59.5 Å². The molecule has 3 unspecified atom stereocenters. The molecule has 238 valence electrons. The topological polar surface area (TPSA) is 61.0 Å². The summed E-state index contributed by atoms with van der Waals surface area (Å²) in [6, 6.07) is 39.8. The average Bonchev–Trinajstić information content (AvgIpc) is 3.76. The summed E-state index contributed by atoms with van der Waals surface area (Å²) in [5, 5.41) is 2.01. The van der Waals surface area contributed by atoms with Gasteiger partial charge in [0.15, 0.2) is 17.5 Å². The van der Waals surface area contributed by atoms with Crippen LogP contribution in [-0.4, -0.2) is 21.1 Å². The van der Waals surface area contributed by atoms with E-state index in [2.05, 4.69) is 115 Å². The van der Waals surface area contributed by atoms with Crippen LogP contribution in [0.1, 0.15) is 35.2 Å². The van der Waals surface area contributed by atoms with Gasteiger partial charge in [-0.15, -0.1) is 0 Å². The van der Waals surface area contributed by atoms with Crippen LogP contribution in [0.25, 0.3) is 61.4 Å². The van der Waals surface area contributed by atoms with Crippen molar-refractivity contribution in [3.63, 3.8) is 0 Å². The van der Waals surface area contributed by atoms with E-state index >= 15 is 0 Å². The third-order valence-electron chi connectivity index (χ3n) is 10.0. The van der Waals surface area contributed by atoms with Gasteiger partial charge in [-0.2, -0.15) is 0 Å². The predicted octanol–water partition coefficient (Wildman–Crippen LogP) is 10.9. The van der Waals surface area contributed by atoms with Gasteiger partial charge in [-0.25, -0.2) is 15.0 Å². The molecule has 1 aliphatic heterocycles. The minimum absolute atomic E-state index is 0.0595. The van der Waals surface area contributed by atoms with Crippen molar-refractivity contribution in [3.05, 3.63) is 175 Å². The highest BCUT2D eigenvalue weighted by molar-refractivity contribution is 6.12. The number of hydrogen-bond donors (Lipinski definition) is 0. The zero-order valence-electron chi connectivity index (χ0n) is 27.1. The summed E-state index contributed by atoms with van der Waals surface area (Å²) >= 11 is 0. The molecule has 0 bridgehead atoms. The highest BCUT2D eigenvalue weighted by Gasteiger charge is 2.32. The minimum Gasteiger partial charge on any atom is -0.485 e. The number of nitrogens with zero attached hydrogens (tertiary/aromatic N) is 3. The molecule has 50 heavy (non-hydrogen) atoms. The summed E-state index contributed by atoms with van der Waals surface area (Å²) in [6.07, 6.45) is 16.1. The number of furan rings is 1. The predicted molar refractivity (Wildman–Crippen MR) is 200 cm³/mol. The summed E-state index contributed by atoms with van der Waals surface area (Å²) in [6.45, 7) is 0. The quantitative estimate of drug-likeness (QED) is 0.186. The minimum atomic E-state index is 0.0595. The third kappa shape index (κ3) is 4.89. The van der Waals surface area contributed by atoms with E-state index in [1.165, 1.54) is 11.1 Å². The van der Waals surface area contributed by atoms with Gasteiger partial charge in [0.05, 0.1) is 0 Å². The molecular formula is C45H31N3O2. The van der Waals surface area contributed by atoms with Crippen LogP contribution in [-0.2, 0) is 0 Å². The molecule has 2 aromatic heterocycles. The summed E-state index contributed by atoms with van der Waals surface area (Å²) < 4.78 is 12.7. The van der Waals surface area contributed by atoms with Crippen molar-refractivity contribution in [1.82, 2.24) is 15.0 Å². The molecule has 7 aromatic rings. The van der Waals surface area contributed by atoms with Gasteiger partial charge in [-0.3, -0.25) is 0 Å². The molecule has 5 aromatic carbocycles. The maximum absolute atomic E-state index is 6.43. The number of fused-ring (bicyclic) bond motifs is 6. The molecule has 0 N–H and O–H groups in total. The van der Waals surface area contributed by atoms with Crippen molar-refractivity contribution >= 4 is 27.5 Å². The van der Waals surface area contributed by atoms with Crippen LogP contribution in [0.4, 0.5) is 0 Å². The van der Waals surface area contributed by atoms with E-state index in [1.54, 1.807) is 0 Å². The van der Waals surface area contributed by atoms with Gasteiger partial charge in [0.1, 0.15) is 23.0 Å². The lowest BCUT2D eigenvalue weighted by molar-refractivity contribution is 0.269. The van der Waals surface area contributed by atoms with Gasteiger partial charge in [0, 0.05) is 44.9 Å². The molecular weight excluding hydrogens is 615 g/mol. The molecule has 3 aliphatic rings. The second-order valence-electron chi connectivity index (χ2n) is 13.1. The number of aromatic nitrogens is 3. The number of ether oxygens (including phenoxy) is 1. The molecule has 0 saturated carbocycles. The van der Waals surface area contributed by atoms with E-state index in [4.69, 9.17) is 24.1 Å². The molecule has 10 rings (SSSR count). The fourth-order valence-corrected chi connectivity index (χ4v) is 7.49. The Balaban J connectivity index is 1.09. The Morgan fingerprint density at radius 1 is 0.600 bits per heavy atom. The molecule has 5 nitrogen and oxygen atoms in total. The Morgan fingerprint density at radius 2 is 1.38 bits per heavy atom. The van der Waals surface area contributed by atoms with Crippen molar-refractivity contribution in [1.29, 1.82) is 0 Å². The summed E-state index contributed by atoms with van der Waals surface area (Å²) in [7, 11) is 0. The van der Waals surface area contributed by atoms with Crippen LogP contribution < -0.4 is 4.74 Å². The van der Waals surface area contributed by atoms with E-state index in [0.717, 1.165) is 61.9 Å². The van der Waals surface area contributed by atoms with Crippen LogP contribution in [0.15, 0.2) is 162 Å². The monoisotopic (exact) mass is 645 g/mol. The zero-order chi connectivity index (χ0) is 33.0. The largest absolute Gasteiger partial charge is 0.485 e. The van der Waals surface area contributed by atoms with Gasteiger partial charge in [0.25, 0.3) is 0 Å². The van der Waals surface area contributed by atoms with Crippen molar-refractivity contribution in [2.24, 2.45) is 0 Å². The van der Waals surface area contributed by atoms with E-state index in [-0.39, 0.29) is 12.0 Å². The Labute approximate surface area is 289 Å². The second-order valence-corrected chi connectivity index (χ2v) is 13.1. The standard InChI is InChI=1S/C45H31N3O2/c1-3-10-28(11-4-1)29-18-20-31(21-19-29)44-46-43(30-12-5-2-6-13-30)47-45(48-44)35-15-9-17-41-42(35)37-27-33(23-25-40(37)50-41)32-22-24-39-36(26-32)34-14-7-8-16-38(34)49-39/h1-18,20-27,29,34,38H,19H2. The molecule has 0 spiro atoms. The smallest absolute Gasteiger partial charge is 0.164 e. The van der Waals surface area contributed by atoms with E-state index < -0.39 is 0 Å². The summed E-state index contributed by atoms with van der Waals surface area (Å²) in [5.41, 5.74) is 9.25. The number of allylic oxidation sites excluding steroid dienone is 6. The lowest BCUT2D eigenvalue weighted by atomic mass is 9.90. The highest BCUT2D eigenvalue weighted by atomic mass is 16.5. The SMILES string of the molecule is C1=CC2Oc3ccc(-c4ccc5oc6cccc(-c7nc(C8=CCC(c9ccccc9)C=C8)nc(-c8ccccc8)n7)c6c5c4)cc3C2C=C1. The molecule has 3 heterocycles. The lowest BCUT2D eigenvalue weighted by Crippen LogP contribution is -2.15. The van der Waals surface area contributed by atoms with Crippen molar-refractivity contribution in [3.8, 4) is 39.7 Å². The number of rotatable bonds is 5. The fraction of sp³-hybridized carbons (Fsp3) is 0.0889. The maximum atomic E-state index is 6.43. The average molecular weight is 646 g/mol. The Bertz CT molecular complexity index is 2560. The number of benzene rings is 5. The van der Waals surface area contributed by atoms with Gasteiger partial charge >= 0.3 is 0 Å². The lowest BCUT2D eigenvalue weighted by Gasteiger charge is -2.17. The first kappa shape index (κ1) is 28.7. The molecule has 0 fully saturated rings. The molecule has 0 amide bonds. The zero-order valence-corrected chi connectivity index (χ0v) is 27.1. The third-order valence-corrected chi connectivity index (χ3v) is 10.0. The molecule has 0 radical (unpaired) electrons. The van der Waals surface area contributed by atoms with Crippen molar-refractivity contribution in [2.45, 2.75) is 24.4 Å². The first-order valence-electron chi connectivity index (χ1n) is 17.1. The fourth-order valence-electron chi connectivity index (χ4n) is 7.49. The second kappa shape index (κ2) is 11.7. The van der Waals surface area contributed by atoms with Gasteiger partial charge in [-0.1, -0.05) is 121 Å². The Kier molecular flexibility index (Phi) is 6.69. The maximum Gasteiger partial charge on any atom is 0.164 e. The summed E-state index contributed by atoms with van der Waals surface area (Å²) in [4.78, 5) is 15.2. The van der Waals surface area contributed by atoms with Crippen LogP contribution in [0.5, 0.6) is 5.75 Å². The number of hydrogen-bond acceptors (Lipinski definition) is 5. The molecule has 3 atom stereocenters. The van der Waals surface area contributed by atoms with E-state index in [9.17, 15) is 0 Å². The van der Waals surface area contributed by atoms with Crippen LogP contribution in [0, 0.1) is 0 Å².